The molecule has 1 fully saturated rings. The average molecular weight is 810 g/mol. The van der Waals surface area contributed by atoms with Crippen LogP contribution in [0.5, 0.6) is 5.75 Å². The molecule has 1 aliphatic heterocycles. The van der Waals surface area contributed by atoms with Gasteiger partial charge in [-0.05, 0) is 61.3 Å². The summed E-state index contributed by atoms with van der Waals surface area (Å²) in [4.78, 5) is 58.6. The quantitative estimate of drug-likeness (QED) is 0.134. The largest absolute Gasteiger partial charge is 0.490 e. The molecule has 0 unspecified atom stereocenters. The summed E-state index contributed by atoms with van der Waals surface area (Å²) in [5, 5.41) is 16.6. The van der Waals surface area contributed by atoms with E-state index >= 15 is 0 Å². The van der Waals surface area contributed by atoms with Gasteiger partial charge in [-0.25, -0.2) is 9.37 Å². The van der Waals surface area contributed by atoms with Gasteiger partial charge in [0.25, 0.3) is 0 Å². The second-order valence-corrected chi connectivity index (χ2v) is 15.9. The van der Waals surface area contributed by atoms with Crippen molar-refractivity contribution in [2.24, 2.45) is 16.9 Å². The van der Waals surface area contributed by atoms with Crippen molar-refractivity contribution in [2.75, 3.05) is 13.2 Å². The van der Waals surface area contributed by atoms with Crippen LogP contribution in [0.15, 0.2) is 41.9 Å². The molecule has 4 rings (SSSR count). The molecule has 0 aliphatic carbocycles. The first kappa shape index (κ1) is 44.6. The Bertz CT molecular complexity index is 1770. The third kappa shape index (κ3) is 12.1. The average Bonchev–Trinajstić information content (AvgIpc) is 3.71. The van der Waals surface area contributed by atoms with Gasteiger partial charge in [-0.3, -0.25) is 19.2 Å². The highest BCUT2D eigenvalue weighted by Crippen LogP contribution is 2.32. The smallest absolute Gasteiger partial charge is 0.246 e. The van der Waals surface area contributed by atoms with Crippen molar-refractivity contribution in [3.05, 3.63) is 69.6 Å². The normalized spacial score (nSPS) is 17.2. The van der Waals surface area contributed by atoms with Crippen molar-refractivity contribution in [3.63, 3.8) is 0 Å². The number of nitrogens with one attached hydrogen (secondary N) is 2. The summed E-state index contributed by atoms with van der Waals surface area (Å²) >= 11 is 8.06. The van der Waals surface area contributed by atoms with Crippen LogP contribution in [0.3, 0.4) is 0 Å². The van der Waals surface area contributed by atoms with E-state index in [1.54, 1.807) is 16.8 Å². The summed E-state index contributed by atoms with van der Waals surface area (Å²) in [6.07, 6.45) is 0.0973. The fraction of sp³-hybridized carbons (Fsp3) is 0.500. The number of nitrogens with zero attached hydrogens (tertiary/aromatic N) is 2. The fourth-order valence-electron chi connectivity index (χ4n) is 6.20. The minimum Gasteiger partial charge on any atom is -0.490 e. The third-order valence-electron chi connectivity index (χ3n) is 9.20. The molecule has 7 N–H and O–H groups in total. The second-order valence-electron chi connectivity index (χ2n) is 14.7. The summed E-state index contributed by atoms with van der Waals surface area (Å²) in [6.45, 7) is 9.20. The molecule has 5 atom stereocenters. The molecule has 0 spiro atoms. The van der Waals surface area contributed by atoms with Gasteiger partial charge < -0.3 is 36.8 Å². The van der Waals surface area contributed by atoms with E-state index in [1.807, 2.05) is 58.9 Å². The third-order valence-corrected chi connectivity index (χ3v) is 10.6. The first-order chi connectivity index (χ1) is 24.9. The number of benzene rings is 2. The number of thiazole rings is 1. The number of aryl methyl sites for hydroxylation is 2. The fourth-order valence-corrected chi connectivity index (χ4v) is 7.27. The standard InChI is InChI=1S/C38H50ClFN6O6S.ClH/c1-21(23-9-11-24(12-10-23)34-22(2)43-20-53-34)44-36(50)29-17-28(47)18-46(29)37(51)35(38(3,4)5)45-32(49)8-6-7-25-15-26(40)16-30(33(25)39)52-19-27(41)13-14-31(42)48;/h9-12,15-16,20-21,27-29,35,47H,6-8,13-14,17-19,41H2,1-5H3,(H2,42,48)(H,44,50)(H,45,49);1H/t21-,27-,28+,29-,35+;/m0./s1. The van der Waals surface area contributed by atoms with E-state index in [0.29, 0.717) is 12.0 Å². The topological polar surface area (TPSA) is 190 Å². The van der Waals surface area contributed by atoms with Crippen LogP contribution in [-0.4, -0.2) is 76.0 Å². The van der Waals surface area contributed by atoms with Gasteiger partial charge in [0.2, 0.25) is 23.6 Å². The maximum atomic E-state index is 14.5. The van der Waals surface area contributed by atoms with Crippen LogP contribution in [0.25, 0.3) is 10.4 Å². The lowest BCUT2D eigenvalue weighted by atomic mass is 9.85. The molecule has 16 heteroatoms. The summed E-state index contributed by atoms with van der Waals surface area (Å²) in [5.74, 6) is -2.24. The Labute approximate surface area is 331 Å². The molecule has 12 nitrogen and oxygen atoms in total. The van der Waals surface area contributed by atoms with Gasteiger partial charge in [0.15, 0.2) is 0 Å². The number of β-amino-alcohol motifs (C(OH)–C–C–N with tert-alkyl or cyclic N) is 1. The molecule has 1 aliphatic rings. The summed E-state index contributed by atoms with van der Waals surface area (Å²) in [5.41, 5.74) is 15.5. The van der Waals surface area contributed by atoms with Crippen molar-refractivity contribution in [3.8, 4) is 16.2 Å². The number of likely N-dealkylation sites (tertiary alicyclic amines) is 1. The van der Waals surface area contributed by atoms with E-state index in [1.165, 1.54) is 11.0 Å². The van der Waals surface area contributed by atoms with E-state index in [2.05, 4.69) is 15.6 Å². The van der Waals surface area contributed by atoms with Crippen molar-refractivity contribution in [1.82, 2.24) is 20.5 Å². The van der Waals surface area contributed by atoms with E-state index in [4.69, 9.17) is 27.8 Å². The highest BCUT2D eigenvalue weighted by Gasteiger charge is 2.44. The van der Waals surface area contributed by atoms with E-state index in [9.17, 15) is 28.7 Å². The number of amides is 4. The maximum Gasteiger partial charge on any atom is 0.246 e. The summed E-state index contributed by atoms with van der Waals surface area (Å²) in [7, 11) is 0. The van der Waals surface area contributed by atoms with Gasteiger partial charge in [0.05, 0.1) is 33.3 Å². The highest BCUT2D eigenvalue weighted by molar-refractivity contribution is 7.13. The molecule has 2 aromatic carbocycles. The molecule has 0 bridgehead atoms. The maximum absolute atomic E-state index is 14.5. The Morgan fingerprint density at radius 1 is 1.15 bits per heavy atom. The zero-order chi connectivity index (χ0) is 39.0. The Balaban J connectivity index is 0.00000784. The lowest BCUT2D eigenvalue weighted by Gasteiger charge is -2.35. The van der Waals surface area contributed by atoms with Crippen LogP contribution in [0, 0.1) is 18.2 Å². The Kier molecular flexibility index (Phi) is 16.2. The highest BCUT2D eigenvalue weighted by atomic mass is 35.5. The van der Waals surface area contributed by atoms with Crippen molar-refractivity contribution in [1.29, 1.82) is 0 Å². The van der Waals surface area contributed by atoms with Crippen LogP contribution in [0.2, 0.25) is 5.02 Å². The molecule has 4 amide bonds. The lowest BCUT2D eigenvalue weighted by molar-refractivity contribution is -0.144. The van der Waals surface area contributed by atoms with Crippen molar-refractivity contribution >= 4 is 59.0 Å². The number of aliphatic hydroxyl groups excluding tert-OH is 1. The molecule has 1 aromatic heterocycles. The number of aliphatic hydroxyl groups is 1. The minimum atomic E-state index is -0.993. The first-order valence-corrected chi connectivity index (χ1v) is 18.9. The lowest BCUT2D eigenvalue weighted by Crippen LogP contribution is -2.57. The molecule has 2 heterocycles. The molecule has 54 heavy (non-hydrogen) atoms. The molecule has 1 saturated heterocycles. The zero-order valence-electron chi connectivity index (χ0n) is 31.2. The van der Waals surface area contributed by atoms with Gasteiger partial charge in [-0.1, -0.05) is 56.6 Å². The van der Waals surface area contributed by atoms with E-state index < -0.39 is 59.1 Å². The number of carbonyl (C=O) groups is 4. The number of hydrogen-bond donors (Lipinski definition) is 5. The predicted octanol–water partition coefficient (Wildman–Crippen LogP) is 5.00. The number of halogens is 3. The van der Waals surface area contributed by atoms with Crippen molar-refractivity contribution in [2.45, 2.75) is 103 Å². The van der Waals surface area contributed by atoms with Crippen LogP contribution < -0.4 is 26.8 Å². The number of primary amides is 1. The Morgan fingerprint density at radius 2 is 1.83 bits per heavy atom. The summed E-state index contributed by atoms with van der Waals surface area (Å²) < 4.78 is 20.1. The van der Waals surface area contributed by atoms with Crippen LogP contribution in [0.1, 0.15) is 82.7 Å². The van der Waals surface area contributed by atoms with Crippen molar-refractivity contribution < 1.29 is 33.4 Å². The second kappa shape index (κ2) is 19.7. The molecule has 296 valence electrons. The molecular formula is C38H51Cl2FN6O6S. The van der Waals surface area contributed by atoms with Gasteiger partial charge in [0, 0.05) is 37.9 Å². The first-order valence-electron chi connectivity index (χ1n) is 17.7. The van der Waals surface area contributed by atoms with Gasteiger partial charge >= 0.3 is 0 Å². The van der Waals surface area contributed by atoms with Gasteiger partial charge in [0.1, 0.15) is 30.3 Å². The number of rotatable bonds is 16. The van der Waals surface area contributed by atoms with Crippen LogP contribution in [-0.2, 0) is 25.6 Å². The number of aromatic nitrogens is 1. The zero-order valence-corrected chi connectivity index (χ0v) is 33.6. The van der Waals surface area contributed by atoms with Gasteiger partial charge in [-0.15, -0.1) is 23.7 Å². The molecule has 3 aromatic rings. The van der Waals surface area contributed by atoms with Crippen LogP contribution >= 0.6 is 35.3 Å². The number of nitrogens with two attached hydrogens (primary N) is 2. The van der Waals surface area contributed by atoms with Crippen LogP contribution in [0.4, 0.5) is 4.39 Å². The Morgan fingerprint density at radius 3 is 2.44 bits per heavy atom. The van der Waals surface area contributed by atoms with E-state index in [-0.39, 0.29) is 74.5 Å². The van der Waals surface area contributed by atoms with Gasteiger partial charge in [-0.2, -0.15) is 0 Å². The number of ether oxygens (including phenoxy) is 1. The molecule has 0 radical (unpaired) electrons. The number of carbonyl (C=O) groups excluding carboxylic acids is 4. The van der Waals surface area contributed by atoms with E-state index in [0.717, 1.165) is 27.8 Å². The SMILES string of the molecule is Cc1ncsc1-c1ccc([C@H](C)NC(=O)[C@@H]2C[C@@H](O)CN2C(=O)[C@@H](NC(=O)CCCc2cc(F)cc(OC[C@@H](N)CCC(N)=O)c2Cl)C(C)(C)C)cc1.Cl. The number of hydrogen-bond acceptors (Lipinski definition) is 9. The predicted molar refractivity (Wildman–Crippen MR) is 210 cm³/mol. The Hall–Kier alpha value is -3.82. The monoisotopic (exact) mass is 808 g/mol. The molecular weight excluding hydrogens is 758 g/mol. The minimum absolute atomic E-state index is 0. The summed E-state index contributed by atoms with van der Waals surface area (Å²) in [6, 6.07) is 7.47. The molecule has 0 saturated carbocycles.